The fraction of sp³-hybridized carbons (Fsp3) is 0.364. The predicted molar refractivity (Wildman–Crippen MR) is 57.8 cm³/mol. The smallest absolute Gasteiger partial charge is 0.303 e. The normalized spacial score (nSPS) is 12.1. The van der Waals surface area contributed by atoms with Crippen molar-refractivity contribution in [1.29, 1.82) is 0 Å². The van der Waals surface area contributed by atoms with Crippen molar-refractivity contribution in [3.63, 3.8) is 0 Å². The molecule has 0 bridgehead atoms. The molecule has 1 aromatic carbocycles. The molecule has 0 spiro atoms. The van der Waals surface area contributed by atoms with Crippen molar-refractivity contribution in [2.45, 2.75) is 18.9 Å². The number of aliphatic carboxylic acids is 1. The first-order valence-electron chi connectivity index (χ1n) is 4.98. The third-order valence-electron chi connectivity index (χ3n) is 2.09. The lowest BCUT2D eigenvalue weighted by atomic mass is 10.2. The average molecular weight is 227 g/mol. The molecule has 16 heavy (non-hydrogen) atoms. The van der Waals surface area contributed by atoms with Crippen LogP contribution in [0, 0.1) is 5.82 Å². The second-order valence-corrected chi connectivity index (χ2v) is 3.45. The van der Waals surface area contributed by atoms with E-state index in [0.717, 1.165) is 0 Å². The highest BCUT2D eigenvalue weighted by atomic mass is 19.1. The van der Waals surface area contributed by atoms with Gasteiger partial charge in [-0.15, -0.1) is 0 Å². The Kier molecular flexibility index (Phi) is 4.72. The number of halogens is 1. The summed E-state index contributed by atoms with van der Waals surface area (Å²) in [6.45, 7) is 0.133. The first-order valence-corrected chi connectivity index (χ1v) is 4.98. The van der Waals surface area contributed by atoms with Gasteiger partial charge in [0.2, 0.25) is 0 Å². The molecule has 0 saturated heterocycles. The predicted octanol–water partition coefficient (Wildman–Crippen LogP) is 1.46. The molecule has 1 unspecified atom stereocenters. The summed E-state index contributed by atoms with van der Waals surface area (Å²) in [5.74, 6) is -1.35. The summed E-state index contributed by atoms with van der Waals surface area (Å²) in [5, 5.41) is 20.5. The van der Waals surface area contributed by atoms with Crippen molar-refractivity contribution in [3.05, 3.63) is 30.1 Å². The van der Waals surface area contributed by atoms with Crippen LogP contribution >= 0.6 is 0 Å². The van der Waals surface area contributed by atoms with Crippen LogP contribution in [0.25, 0.3) is 0 Å². The maximum absolute atomic E-state index is 13.1. The number of benzene rings is 1. The van der Waals surface area contributed by atoms with E-state index >= 15 is 0 Å². The van der Waals surface area contributed by atoms with E-state index < -0.39 is 17.9 Å². The number of rotatable bonds is 6. The lowest BCUT2D eigenvalue weighted by Crippen LogP contribution is -2.20. The Balaban J connectivity index is 2.34. The van der Waals surface area contributed by atoms with E-state index in [0.29, 0.717) is 5.69 Å². The number of para-hydroxylation sites is 1. The highest BCUT2D eigenvalue weighted by Gasteiger charge is 2.08. The standard InChI is InChI=1S/C11H14FNO3/c12-9-3-1-2-4-10(9)13-7-8(14)5-6-11(15)16/h1-4,8,13-14H,5-7H2,(H,15,16). The van der Waals surface area contributed by atoms with Gasteiger partial charge in [0.05, 0.1) is 11.8 Å². The molecule has 0 fully saturated rings. The monoisotopic (exact) mass is 227 g/mol. The maximum Gasteiger partial charge on any atom is 0.303 e. The second kappa shape index (κ2) is 6.07. The number of hydrogen-bond donors (Lipinski definition) is 3. The summed E-state index contributed by atoms with van der Waals surface area (Å²) >= 11 is 0. The number of carbonyl (C=O) groups is 1. The van der Waals surface area contributed by atoms with Crippen LogP contribution in [0.4, 0.5) is 10.1 Å². The number of carboxylic acids is 1. The van der Waals surface area contributed by atoms with Gasteiger partial charge in [-0.3, -0.25) is 4.79 Å². The summed E-state index contributed by atoms with van der Waals surface area (Å²) in [4.78, 5) is 10.2. The molecule has 1 rings (SSSR count). The molecule has 3 N–H and O–H groups in total. The number of nitrogens with one attached hydrogen (secondary N) is 1. The van der Waals surface area contributed by atoms with Gasteiger partial charge in [0.1, 0.15) is 5.82 Å². The van der Waals surface area contributed by atoms with Gasteiger partial charge in [0, 0.05) is 13.0 Å². The van der Waals surface area contributed by atoms with Gasteiger partial charge in [0.25, 0.3) is 0 Å². The minimum atomic E-state index is -0.954. The van der Waals surface area contributed by atoms with E-state index in [1.54, 1.807) is 18.2 Å². The maximum atomic E-state index is 13.1. The highest BCUT2D eigenvalue weighted by Crippen LogP contribution is 2.12. The van der Waals surface area contributed by atoms with Crippen molar-refractivity contribution in [1.82, 2.24) is 0 Å². The zero-order valence-electron chi connectivity index (χ0n) is 8.69. The zero-order chi connectivity index (χ0) is 12.0. The van der Waals surface area contributed by atoms with Crippen LogP contribution in [0.3, 0.4) is 0 Å². The number of hydrogen-bond acceptors (Lipinski definition) is 3. The van der Waals surface area contributed by atoms with Crippen molar-refractivity contribution < 1.29 is 19.4 Å². The largest absolute Gasteiger partial charge is 0.481 e. The number of aliphatic hydroxyl groups is 1. The van der Waals surface area contributed by atoms with E-state index in [4.69, 9.17) is 5.11 Å². The SMILES string of the molecule is O=C(O)CCC(O)CNc1ccccc1F. The van der Waals surface area contributed by atoms with Gasteiger partial charge in [0.15, 0.2) is 0 Å². The number of anilines is 1. The molecule has 0 radical (unpaired) electrons. The molecule has 5 heteroatoms. The van der Waals surface area contributed by atoms with Crippen molar-refractivity contribution >= 4 is 11.7 Å². The summed E-state index contributed by atoms with van der Waals surface area (Å²) in [6, 6.07) is 6.11. The Morgan fingerprint density at radius 2 is 2.12 bits per heavy atom. The van der Waals surface area contributed by atoms with Crippen LogP contribution in [-0.2, 0) is 4.79 Å². The van der Waals surface area contributed by atoms with Crippen LogP contribution in [0.1, 0.15) is 12.8 Å². The van der Waals surface area contributed by atoms with Gasteiger partial charge >= 0.3 is 5.97 Å². The molecule has 88 valence electrons. The number of aliphatic hydroxyl groups excluding tert-OH is 1. The fourth-order valence-corrected chi connectivity index (χ4v) is 1.22. The van der Waals surface area contributed by atoms with Crippen molar-refractivity contribution in [3.8, 4) is 0 Å². The molecule has 0 aliphatic heterocycles. The summed E-state index contributed by atoms with van der Waals surface area (Å²) in [6.07, 6.45) is -0.743. The van der Waals surface area contributed by atoms with E-state index in [2.05, 4.69) is 5.32 Å². The van der Waals surface area contributed by atoms with E-state index in [1.807, 2.05) is 0 Å². The average Bonchev–Trinajstić information content (AvgIpc) is 2.25. The lowest BCUT2D eigenvalue weighted by molar-refractivity contribution is -0.137. The van der Waals surface area contributed by atoms with Crippen molar-refractivity contribution in [2.75, 3.05) is 11.9 Å². The molecule has 4 nitrogen and oxygen atoms in total. The minimum absolute atomic E-state index is 0.0971. The van der Waals surface area contributed by atoms with Gasteiger partial charge in [-0.1, -0.05) is 12.1 Å². The molecule has 0 aliphatic carbocycles. The van der Waals surface area contributed by atoms with Crippen molar-refractivity contribution in [2.24, 2.45) is 0 Å². The second-order valence-electron chi connectivity index (χ2n) is 3.45. The Morgan fingerprint density at radius 3 is 2.75 bits per heavy atom. The third-order valence-corrected chi connectivity index (χ3v) is 2.09. The quantitative estimate of drug-likeness (QED) is 0.688. The molecule has 0 saturated carbocycles. The Bertz CT molecular complexity index is 357. The highest BCUT2D eigenvalue weighted by molar-refractivity contribution is 5.66. The van der Waals surface area contributed by atoms with Crippen LogP contribution in [0.15, 0.2) is 24.3 Å². The third kappa shape index (κ3) is 4.27. The molecular weight excluding hydrogens is 213 g/mol. The molecule has 0 heterocycles. The van der Waals surface area contributed by atoms with Gasteiger partial charge < -0.3 is 15.5 Å². The molecule has 1 atom stereocenters. The Hall–Kier alpha value is -1.62. The summed E-state index contributed by atoms with van der Waals surface area (Å²) < 4.78 is 13.1. The molecule has 0 amide bonds. The topological polar surface area (TPSA) is 69.6 Å². The van der Waals surface area contributed by atoms with E-state index in [-0.39, 0.29) is 19.4 Å². The van der Waals surface area contributed by atoms with Gasteiger partial charge in [-0.25, -0.2) is 4.39 Å². The number of carboxylic acid groups (broad SMARTS) is 1. The zero-order valence-corrected chi connectivity index (χ0v) is 8.69. The van der Waals surface area contributed by atoms with Gasteiger partial charge in [-0.2, -0.15) is 0 Å². The summed E-state index contributed by atoms with van der Waals surface area (Å²) in [7, 11) is 0. The van der Waals surface area contributed by atoms with E-state index in [1.165, 1.54) is 6.07 Å². The lowest BCUT2D eigenvalue weighted by Gasteiger charge is -2.12. The first kappa shape index (κ1) is 12.4. The van der Waals surface area contributed by atoms with Crippen LogP contribution in [0.5, 0.6) is 0 Å². The van der Waals surface area contributed by atoms with Crippen LogP contribution in [-0.4, -0.2) is 28.8 Å². The van der Waals surface area contributed by atoms with Crippen LogP contribution < -0.4 is 5.32 Å². The van der Waals surface area contributed by atoms with Crippen LogP contribution in [0.2, 0.25) is 0 Å². The summed E-state index contributed by atoms with van der Waals surface area (Å²) in [5.41, 5.74) is 0.303. The molecule has 0 aromatic heterocycles. The first-order chi connectivity index (χ1) is 7.59. The van der Waals surface area contributed by atoms with E-state index in [9.17, 15) is 14.3 Å². The Labute approximate surface area is 92.7 Å². The Morgan fingerprint density at radius 1 is 1.44 bits per heavy atom. The molecule has 1 aromatic rings. The molecular formula is C11H14FNO3. The fourth-order valence-electron chi connectivity index (χ4n) is 1.22. The minimum Gasteiger partial charge on any atom is -0.481 e. The van der Waals surface area contributed by atoms with Gasteiger partial charge in [-0.05, 0) is 18.6 Å². The molecule has 0 aliphatic rings.